The first-order valence-corrected chi connectivity index (χ1v) is 10.9. The Balaban J connectivity index is 1.63. The summed E-state index contributed by atoms with van der Waals surface area (Å²) in [7, 11) is -3.64. The average Bonchev–Trinajstić information content (AvgIpc) is 2.73. The number of carbonyl (C=O) groups is 1. The molecule has 0 bridgehead atoms. The van der Waals surface area contributed by atoms with E-state index >= 15 is 0 Å². The van der Waals surface area contributed by atoms with Crippen molar-refractivity contribution in [2.75, 3.05) is 19.7 Å². The molecule has 8 heteroatoms. The third-order valence-electron chi connectivity index (χ3n) is 4.70. The quantitative estimate of drug-likeness (QED) is 0.766. The summed E-state index contributed by atoms with van der Waals surface area (Å²) < 4.78 is 32.7. The molecule has 1 aromatic carbocycles. The van der Waals surface area contributed by atoms with Crippen molar-refractivity contribution in [2.45, 2.75) is 31.2 Å². The number of nitrogens with zero attached hydrogens (tertiary/aromatic N) is 2. The Hall–Kier alpha value is -2.45. The Morgan fingerprint density at radius 1 is 1.25 bits per heavy atom. The largest absolute Gasteiger partial charge is 0.494 e. The van der Waals surface area contributed by atoms with Gasteiger partial charge in [-0.3, -0.25) is 9.78 Å². The SMILES string of the molecule is CCOc1ccc(S(=O)(=O)N2CCC[C@@H](C(=O)NCc3ccccn3)C2)cc1. The maximum atomic E-state index is 12.9. The molecule has 3 rings (SSSR count). The van der Waals surface area contributed by atoms with Crippen LogP contribution in [0.4, 0.5) is 0 Å². The second kappa shape index (κ2) is 9.16. The summed E-state index contributed by atoms with van der Waals surface area (Å²) in [5.74, 6) is 0.124. The lowest BCUT2D eigenvalue weighted by Gasteiger charge is -2.31. The molecule has 2 aromatic rings. The maximum Gasteiger partial charge on any atom is 0.243 e. The number of aromatic nitrogens is 1. The molecule has 0 spiro atoms. The number of pyridine rings is 1. The monoisotopic (exact) mass is 403 g/mol. The van der Waals surface area contributed by atoms with Crippen LogP contribution in [-0.2, 0) is 21.4 Å². The topological polar surface area (TPSA) is 88.6 Å². The van der Waals surface area contributed by atoms with Crippen LogP contribution in [0.25, 0.3) is 0 Å². The van der Waals surface area contributed by atoms with Gasteiger partial charge in [0.2, 0.25) is 15.9 Å². The number of hydrogen-bond donors (Lipinski definition) is 1. The van der Waals surface area contributed by atoms with Gasteiger partial charge in [-0.1, -0.05) is 6.07 Å². The molecule has 1 saturated heterocycles. The second-order valence-electron chi connectivity index (χ2n) is 6.65. The van der Waals surface area contributed by atoms with Crippen molar-refractivity contribution in [3.05, 3.63) is 54.4 Å². The molecule has 1 fully saturated rings. The average molecular weight is 404 g/mol. The zero-order valence-electron chi connectivity index (χ0n) is 15.9. The van der Waals surface area contributed by atoms with Crippen LogP contribution < -0.4 is 10.1 Å². The first-order valence-electron chi connectivity index (χ1n) is 9.41. The lowest BCUT2D eigenvalue weighted by molar-refractivity contribution is -0.126. The highest BCUT2D eigenvalue weighted by Crippen LogP contribution is 2.25. The summed E-state index contributed by atoms with van der Waals surface area (Å²) in [6.07, 6.45) is 2.99. The van der Waals surface area contributed by atoms with Crippen molar-refractivity contribution < 1.29 is 17.9 Å². The zero-order chi connectivity index (χ0) is 20.0. The molecule has 1 amide bonds. The van der Waals surface area contributed by atoms with Crippen molar-refractivity contribution >= 4 is 15.9 Å². The Kier molecular flexibility index (Phi) is 6.64. The Bertz CT molecular complexity index is 885. The normalized spacial score (nSPS) is 17.8. The number of hydrogen-bond acceptors (Lipinski definition) is 5. The van der Waals surface area contributed by atoms with E-state index in [1.54, 1.807) is 30.5 Å². The van der Waals surface area contributed by atoms with E-state index in [0.717, 1.165) is 5.69 Å². The number of nitrogens with one attached hydrogen (secondary N) is 1. The Morgan fingerprint density at radius 3 is 2.71 bits per heavy atom. The summed E-state index contributed by atoms with van der Waals surface area (Å²) in [5, 5.41) is 2.86. The summed E-state index contributed by atoms with van der Waals surface area (Å²) >= 11 is 0. The van der Waals surface area contributed by atoms with E-state index in [0.29, 0.717) is 38.3 Å². The minimum atomic E-state index is -3.64. The number of amides is 1. The fourth-order valence-electron chi connectivity index (χ4n) is 3.22. The number of sulfonamides is 1. The molecule has 0 aliphatic carbocycles. The smallest absolute Gasteiger partial charge is 0.243 e. The highest BCUT2D eigenvalue weighted by Gasteiger charge is 2.33. The lowest BCUT2D eigenvalue weighted by atomic mass is 9.99. The summed E-state index contributed by atoms with van der Waals surface area (Å²) in [4.78, 5) is 16.9. The van der Waals surface area contributed by atoms with Gasteiger partial charge in [0.1, 0.15) is 5.75 Å². The minimum absolute atomic E-state index is 0.141. The number of carbonyl (C=O) groups excluding carboxylic acids is 1. The first kappa shape index (κ1) is 20.3. The van der Waals surface area contributed by atoms with Gasteiger partial charge in [-0.2, -0.15) is 4.31 Å². The molecule has 1 N–H and O–H groups in total. The molecule has 1 aliphatic heterocycles. The van der Waals surface area contributed by atoms with Gasteiger partial charge in [-0.15, -0.1) is 0 Å². The third kappa shape index (κ3) is 4.88. The predicted octanol–water partition coefficient (Wildman–Crippen LogP) is 2.20. The molecule has 1 atom stereocenters. The van der Waals surface area contributed by atoms with Gasteiger partial charge in [0.05, 0.1) is 29.7 Å². The molecular weight excluding hydrogens is 378 g/mol. The number of benzene rings is 1. The van der Waals surface area contributed by atoms with Crippen LogP contribution in [0.3, 0.4) is 0 Å². The third-order valence-corrected chi connectivity index (χ3v) is 6.58. The van der Waals surface area contributed by atoms with Crippen molar-refractivity contribution in [1.29, 1.82) is 0 Å². The summed E-state index contributed by atoms with van der Waals surface area (Å²) in [5.41, 5.74) is 0.769. The Labute approximate surface area is 165 Å². The highest BCUT2D eigenvalue weighted by molar-refractivity contribution is 7.89. The zero-order valence-corrected chi connectivity index (χ0v) is 16.7. The van der Waals surface area contributed by atoms with Crippen LogP contribution in [0.15, 0.2) is 53.6 Å². The molecule has 0 unspecified atom stereocenters. The fraction of sp³-hybridized carbons (Fsp3) is 0.400. The van der Waals surface area contributed by atoms with Crippen LogP contribution >= 0.6 is 0 Å². The van der Waals surface area contributed by atoms with E-state index in [1.807, 2.05) is 25.1 Å². The molecular formula is C20H25N3O4S. The van der Waals surface area contributed by atoms with Crippen LogP contribution in [-0.4, -0.2) is 43.3 Å². The van der Waals surface area contributed by atoms with Gasteiger partial charge in [-0.05, 0) is 56.2 Å². The van der Waals surface area contributed by atoms with Crippen LogP contribution in [0.5, 0.6) is 5.75 Å². The standard InChI is InChI=1S/C20H25N3O4S/c1-2-27-18-8-10-19(11-9-18)28(25,26)23-13-5-6-16(15-23)20(24)22-14-17-7-3-4-12-21-17/h3-4,7-12,16H,2,5-6,13-15H2,1H3,(H,22,24)/t16-/m1/s1. The number of piperidine rings is 1. The molecule has 0 radical (unpaired) electrons. The van der Waals surface area contributed by atoms with E-state index in [2.05, 4.69) is 10.3 Å². The van der Waals surface area contributed by atoms with E-state index in [4.69, 9.17) is 4.74 Å². The molecule has 1 aliphatic rings. The van der Waals surface area contributed by atoms with E-state index in [-0.39, 0.29) is 23.3 Å². The molecule has 28 heavy (non-hydrogen) atoms. The minimum Gasteiger partial charge on any atom is -0.494 e. The van der Waals surface area contributed by atoms with Gasteiger partial charge in [0, 0.05) is 19.3 Å². The van der Waals surface area contributed by atoms with Crippen LogP contribution in [0.1, 0.15) is 25.5 Å². The van der Waals surface area contributed by atoms with Crippen molar-refractivity contribution in [1.82, 2.24) is 14.6 Å². The number of rotatable bonds is 7. The van der Waals surface area contributed by atoms with E-state index in [9.17, 15) is 13.2 Å². The molecule has 1 aromatic heterocycles. The van der Waals surface area contributed by atoms with E-state index < -0.39 is 10.0 Å². The highest BCUT2D eigenvalue weighted by atomic mass is 32.2. The van der Waals surface area contributed by atoms with E-state index in [1.165, 1.54) is 4.31 Å². The van der Waals surface area contributed by atoms with Crippen molar-refractivity contribution in [3.63, 3.8) is 0 Å². The van der Waals surface area contributed by atoms with Gasteiger partial charge in [-0.25, -0.2) is 8.42 Å². The molecule has 7 nitrogen and oxygen atoms in total. The van der Waals surface area contributed by atoms with Gasteiger partial charge < -0.3 is 10.1 Å². The fourth-order valence-corrected chi connectivity index (χ4v) is 4.75. The van der Waals surface area contributed by atoms with Crippen LogP contribution in [0, 0.1) is 5.92 Å². The summed E-state index contributed by atoms with van der Waals surface area (Å²) in [6, 6.07) is 11.9. The predicted molar refractivity (Wildman–Crippen MR) is 105 cm³/mol. The van der Waals surface area contributed by atoms with Gasteiger partial charge in [0.25, 0.3) is 0 Å². The van der Waals surface area contributed by atoms with Gasteiger partial charge >= 0.3 is 0 Å². The lowest BCUT2D eigenvalue weighted by Crippen LogP contribution is -2.45. The molecule has 150 valence electrons. The summed E-state index contributed by atoms with van der Waals surface area (Å²) in [6.45, 7) is 3.33. The second-order valence-corrected chi connectivity index (χ2v) is 8.58. The molecule has 0 saturated carbocycles. The van der Waals surface area contributed by atoms with Crippen molar-refractivity contribution in [3.8, 4) is 5.75 Å². The van der Waals surface area contributed by atoms with Crippen LogP contribution in [0.2, 0.25) is 0 Å². The Morgan fingerprint density at radius 2 is 2.04 bits per heavy atom. The number of ether oxygens (including phenoxy) is 1. The van der Waals surface area contributed by atoms with Crippen molar-refractivity contribution in [2.24, 2.45) is 5.92 Å². The molecule has 2 heterocycles. The first-order chi connectivity index (χ1) is 13.5. The van der Waals surface area contributed by atoms with Gasteiger partial charge in [0.15, 0.2) is 0 Å². The maximum absolute atomic E-state index is 12.9.